The molecule has 5 rings (SSSR count). The molecular formula is C27H34N6O. The third-order valence-electron chi connectivity index (χ3n) is 6.54. The van der Waals surface area contributed by atoms with Crippen LogP contribution in [0.3, 0.4) is 0 Å². The number of nitrogens with one attached hydrogen (secondary N) is 2. The molecule has 3 aromatic rings. The highest BCUT2D eigenvalue weighted by molar-refractivity contribution is 5.61. The summed E-state index contributed by atoms with van der Waals surface area (Å²) in [4.78, 5) is 14.3. The summed E-state index contributed by atoms with van der Waals surface area (Å²) >= 11 is 0. The largest absolute Gasteiger partial charge is 0.378 e. The van der Waals surface area contributed by atoms with Gasteiger partial charge in [-0.15, -0.1) is 0 Å². The Balaban J connectivity index is 1.16. The van der Waals surface area contributed by atoms with E-state index in [-0.39, 0.29) is 0 Å². The van der Waals surface area contributed by atoms with Crippen molar-refractivity contribution in [3.8, 4) is 0 Å². The molecule has 0 unspecified atom stereocenters. The van der Waals surface area contributed by atoms with Crippen molar-refractivity contribution in [1.29, 1.82) is 0 Å². The van der Waals surface area contributed by atoms with Crippen LogP contribution in [0.1, 0.15) is 24.1 Å². The van der Waals surface area contributed by atoms with Gasteiger partial charge >= 0.3 is 0 Å². The summed E-state index contributed by atoms with van der Waals surface area (Å²) in [7, 11) is 0. The van der Waals surface area contributed by atoms with E-state index >= 15 is 0 Å². The highest BCUT2D eigenvalue weighted by Gasteiger charge is 2.20. The van der Waals surface area contributed by atoms with E-state index in [0.29, 0.717) is 12.0 Å². The molecule has 0 bridgehead atoms. The lowest BCUT2D eigenvalue weighted by atomic mass is 10.0. The van der Waals surface area contributed by atoms with Crippen LogP contribution in [0, 0.1) is 6.92 Å². The van der Waals surface area contributed by atoms with Crippen molar-refractivity contribution in [2.45, 2.75) is 32.4 Å². The number of morpholine rings is 1. The van der Waals surface area contributed by atoms with Gasteiger partial charge in [0.1, 0.15) is 5.82 Å². The molecule has 0 radical (unpaired) electrons. The fraction of sp³-hybridized carbons (Fsp3) is 0.407. The van der Waals surface area contributed by atoms with Crippen molar-refractivity contribution in [1.82, 2.24) is 14.9 Å². The van der Waals surface area contributed by atoms with Gasteiger partial charge in [0.15, 0.2) is 0 Å². The maximum Gasteiger partial charge on any atom is 0.225 e. The molecule has 0 atom stereocenters. The topological polar surface area (TPSA) is 65.6 Å². The average Bonchev–Trinajstić information content (AvgIpc) is 2.87. The molecule has 34 heavy (non-hydrogen) atoms. The van der Waals surface area contributed by atoms with Crippen molar-refractivity contribution in [3.05, 3.63) is 71.9 Å². The number of rotatable bonds is 7. The first kappa shape index (κ1) is 22.6. The van der Waals surface area contributed by atoms with Gasteiger partial charge in [0, 0.05) is 61.9 Å². The van der Waals surface area contributed by atoms with Crippen molar-refractivity contribution in [2.24, 2.45) is 0 Å². The fourth-order valence-electron chi connectivity index (χ4n) is 4.68. The quantitative estimate of drug-likeness (QED) is 0.543. The molecular weight excluding hydrogens is 424 g/mol. The summed E-state index contributed by atoms with van der Waals surface area (Å²) < 4.78 is 5.45. The molecule has 0 spiro atoms. The molecule has 3 heterocycles. The predicted molar refractivity (Wildman–Crippen MR) is 138 cm³/mol. The van der Waals surface area contributed by atoms with Gasteiger partial charge in [-0.3, -0.25) is 4.90 Å². The normalized spacial score (nSPS) is 17.5. The van der Waals surface area contributed by atoms with Crippen LogP contribution in [-0.2, 0) is 11.3 Å². The van der Waals surface area contributed by atoms with E-state index in [4.69, 9.17) is 9.72 Å². The summed E-state index contributed by atoms with van der Waals surface area (Å²) in [6.07, 6.45) is 2.19. The van der Waals surface area contributed by atoms with Crippen LogP contribution in [0.2, 0.25) is 0 Å². The standard InChI is InChI=1S/C27H34N6O/c1-21-19-26(29-23-7-9-25(10-8-23)33-15-17-34-18-16-33)31-27(28-21)30-24-11-13-32(14-12-24)20-22-5-3-2-4-6-22/h2-10,19,24H,11-18,20H2,1H3,(H2,28,29,30,31). The predicted octanol–water partition coefficient (Wildman–Crippen LogP) is 4.44. The number of ether oxygens (including phenoxy) is 1. The van der Waals surface area contributed by atoms with E-state index in [1.807, 2.05) is 13.0 Å². The van der Waals surface area contributed by atoms with Gasteiger partial charge in [-0.2, -0.15) is 4.98 Å². The molecule has 7 nitrogen and oxygen atoms in total. The number of likely N-dealkylation sites (tertiary alicyclic amines) is 1. The van der Waals surface area contributed by atoms with Gasteiger partial charge in [0.05, 0.1) is 13.2 Å². The van der Waals surface area contributed by atoms with Crippen molar-refractivity contribution < 1.29 is 4.74 Å². The average molecular weight is 459 g/mol. The van der Waals surface area contributed by atoms with E-state index in [0.717, 1.165) is 76.0 Å². The Hall–Kier alpha value is -3.16. The number of piperidine rings is 1. The summed E-state index contributed by atoms with van der Waals surface area (Å²) in [5.41, 5.74) is 4.58. The lowest BCUT2D eigenvalue weighted by Gasteiger charge is -2.32. The molecule has 2 aliphatic rings. The minimum Gasteiger partial charge on any atom is -0.378 e. The van der Waals surface area contributed by atoms with Crippen LogP contribution in [-0.4, -0.2) is 60.3 Å². The zero-order valence-corrected chi connectivity index (χ0v) is 19.9. The Morgan fingerprint density at radius 2 is 1.65 bits per heavy atom. The van der Waals surface area contributed by atoms with Crippen molar-refractivity contribution >= 4 is 23.1 Å². The summed E-state index contributed by atoms with van der Waals surface area (Å²) in [6.45, 7) is 8.67. The summed E-state index contributed by atoms with van der Waals surface area (Å²) in [5, 5.41) is 7.02. The lowest BCUT2D eigenvalue weighted by molar-refractivity contribution is 0.122. The van der Waals surface area contributed by atoms with E-state index in [2.05, 4.69) is 80.0 Å². The molecule has 2 N–H and O–H groups in total. The van der Waals surface area contributed by atoms with Gasteiger partial charge < -0.3 is 20.3 Å². The Morgan fingerprint density at radius 1 is 0.912 bits per heavy atom. The van der Waals surface area contributed by atoms with Gasteiger partial charge in [-0.05, 0) is 49.6 Å². The SMILES string of the molecule is Cc1cc(Nc2ccc(N3CCOCC3)cc2)nc(NC2CCN(Cc3ccccc3)CC2)n1. The van der Waals surface area contributed by atoms with Crippen molar-refractivity contribution in [3.63, 3.8) is 0 Å². The maximum atomic E-state index is 5.45. The van der Waals surface area contributed by atoms with Gasteiger partial charge in [0.25, 0.3) is 0 Å². The second-order valence-corrected chi connectivity index (χ2v) is 9.17. The molecule has 0 aliphatic carbocycles. The zero-order chi connectivity index (χ0) is 23.2. The monoisotopic (exact) mass is 458 g/mol. The molecule has 2 fully saturated rings. The number of anilines is 4. The second kappa shape index (κ2) is 10.8. The number of aryl methyl sites for hydroxylation is 1. The Morgan fingerprint density at radius 3 is 2.38 bits per heavy atom. The molecule has 2 aromatic carbocycles. The van der Waals surface area contributed by atoms with Gasteiger partial charge in [-0.1, -0.05) is 30.3 Å². The number of hydrogen-bond acceptors (Lipinski definition) is 7. The van der Waals surface area contributed by atoms with E-state index in [1.54, 1.807) is 0 Å². The highest BCUT2D eigenvalue weighted by Crippen LogP contribution is 2.23. The van der Waals surface area contributed by atoms with Crippen LogP contribution in [0.25, 0.3) is 0 Å². The van der Waals surface area contributed by atoms with Crippen LogP contribution in [0.5, 0.6) is 0 Å². The Labute approximate surface area is 202 Å². The minimum atomic E-state index is 0.398. The van der Waals surface area contributed by atoms with Crippen molar-refractivity contribution in [2.75, 3.05) is 54.9 Å². The Bertz CT molecular complexity index is 1040. The van der Waals surface area contributed by atoms with Crippen LogP contribution in [0.4, 0.5) is 23.1 Å². The minimum absolute atomic E-state index is 0.398. The van der Waals surface area contributed by atoms with Crippen LogP contribution in [0.15, 0.2) is 60.7 Å². The highest BCUT2D eigenvalue weighted by atomic mass is 16.5. The first-order valence-electron chi connectivity index (χ1n) is 12.3. The first-order valence-corrected chi connectivity index (χ1v) is 12.3. The molecule has 0 amide bonds. The van der Waals surface area contributed by atoms with E-state index < -0.39 is 0 Å². The van der Waals surface area contributed by atoms with Gasteiger partial charge in [0.2, 0.25) is 5.95 Å². The second-order valence-electron chi connectivity index (χ2n) is 9.17. The molecule has 178 valence electrons. The van der Waals surface area contributed by atoms with E-state index in [9.17, 15) is 0 Å². The third-order valence-corrected chi connectivity index (χ3v) is 6.54. The Kier molecular flexibility index (Phi) is 7.22. The lowest BCUT2D eigenvalue weighted by Crippen LogP contribution is -2.39. The summed E-state index contributed by atoms with van der Waals surface area (Å²) in [6, 6.07) is 21.6. The zero-order valence-electron chi connectivity index (χ0n) is 19.9. The number of benzene rings is 2. The molecule has 1 aromatic heterocycles. The first-order chi connectivity index (χ1) is 16.7. The molecule has 2 saturated heterocycles. The molecule has 0 saturated carbocycles. The fourth-order valence-corrected chi connectivity index (χ4v) is 4.68. The van der Waals surface area contributed by atoms with Gasteiger partial charge in [-0.25, -0.2) is 4.98 Å². The number of hydrogen-bond donors (Lipinski definition) is 2. The van der Waals surface area contributed by atoms with E-state index in [1.165, 1.54) is 11.3 Å². The van der Waals surface area contributed by atoms with Crippen LogP contribution >= 0.6 is 0 Å². The van der Waals surface area contributed by atoms with Crippen LogP contribution < -0.4 is 15.5 Å². The molecule has 7 heteroatoms. The summed E-state index contributed by atoms with van der Waals surface area (Å²) in [5.74, 6) is 1.52. The number of nitrogens with zero attached hydrogens (tertiary/aromatic N) is 4. The maximum absolute atomic E-state index is 5.45. The smallest absolute Gasteiger partial charge is 0.225 e. The third kappa shape index (κ3) is 6.04. The number of aromatic nitrogens is 2. The molecule has 2 aliphatic heterocycles.